The van der Waals surface area contributed by atoms with Gasteiger partial charge in [0.25, 0.3) is 5.91 Å². The number of hydrogen-bond acceptors (Lipinski definition) is 4. The van der Waals surface area contributed by atoms with Crippen molar-refractivity contribution >= 4 is 5.91 Å². The molecule has 1 atom stereocenters. The fourth-order valence-corrected chi connectivity index (χ4v) is 2.18. The topological polar surface area (TPSA) is 56.8 Å². The lowest BCUT2D eigenvalue weighted by atomic mass is 10.2. The number of nitrogens with one attached hydrogen (secondary N) is 1. The van der Waals surface area contributed by atoms with Gasteiger partial charge in [-0.1, -0.05) is 12.6 Å². The predicted octanol–water partition coefficient (Wildman–Crippen LogP) is 3.85. The number of benzene rings is 2. The van der Waals surface area contributed by atoms with Crippen molar-refractivity contribution in [2.24, 2.45) is 0 Å². The molecule has 26 heavy (non-hydrogen) atoms. The van der Waals surface area contributed by atoms with Crippen LogP contribution >= 0.6 is 0 Å². The highest BCUT2D eigenvalue weighted by Crippen LogP contribution is 2.17. The first-order chi connectivity index (χ1) is 12.5. The standard InChI is InChI=1S/C21H25NO4/c1-15(2)13-25-20-7-5-6-17(12-20)21(23)22-16(3)14-26-19-10-8-18(24-4)9-11-19/h5-12,16H,1,13-14H2,2-4H3,(H,22,23). The molecule has 1 unspecified atom stereocenters. The van der Waals surface area contributed by atoms with Gasteiger partial charge in [0.05, 0.1) is 13.2 Å². The molecule has 0 aliphatic rings. The van der Waals surface area contributed by atoms with Gasteiger partial charge >= 0.3 is 0 Å². The fourth-order valence-electron chi connectivity index (χ4n) is 2.18. The molecule has 2 aromatic carbocycles. The quantitative estimate of drug-likeness (QED) is 0.694. The van der Waals surface area contributed by atoms with Gasteiger partial charge in [0.2, 0.25) is 0 Å². The molecule has 0 saturated carbocycles. The number of carbonyl (C=O) groups excluding carboxylic acids is 1. The smallest absolute Gasteiger partial charge is 0.251 e. The van der Waals surface area contributed by atoms with Crippen LogP contribution in [0.3, 0.4) is 0 Å². The third-order valence-corrected chi connectivity index (χ3v) is 3.52. The van der Waals surface area contributed by atoms with Gasteiger partial charge in [-0.2, -0.15) is 0 Å². The average molecular weight is 355 g/mol. The summed E-state index contributed by atoms with van der Waals surface area (Å²) in [4.78, 5) is 12.4. The summed E-state index contributed by atoms with van der Waals surface area (Å²) in [6, 6.07) is 14.2. The van der Waals surface area contributed by atoms with Crippen LogP contribution in [0, 0.1) is 0 Å². The predicted molar refractivity (Wildman–Crippen MR) is 102 cm³/mol. The van der Waals surface area contributed by atoms with E-state index in [-0.39, 0.29) is 11.9 Å². The van der Waals surface area contributed by atoms with Crippen molar-refractivity contribution in [1.82, 2.24) is 5.32 Å². The van der Waals surface area contributed by atoms with Crippen molar-refractivity contribution in [3.63, 3.8) is 0 Å². The molecule has 1 N–H and O–H groups in total. The first-order valence-electron chi connectivity index (χ1n) is 8.43. The third kappa shape index (κ3) is 6.16. The summed E-state index contributed by atoms with van der Waals surface area (Å²) in [7, 11) is 1.62. The molecule has 138 valence electrons. The van der Waals surface area contributed by atoms with Gasteiger partial charge < -0.3 is 19.5 Å². The van der Waals surface area contributed by atoms with Crippen LogP contribution < -0.4 is 19.5 Å². The largest absolute Gasteiger partial charge is 0.497 e. The van der Waals surface area contributed by atoms with E-state index in [0.717, 1.165) is 17.1 Å². The van der Waals surface area contributed by atoms with E-state index >= 15 is 0 Å². The molecule has 2 aromatic rings. The van der Waals surface area contributed by atoms with Gasteiger partial charge in [-0.15, -0.1) is 0 Å². The zero-order valence-electron chi connectivity index (χ0n) is 15.5. The fraction of sp³-hybridized carbons (Fsp3) is 0.286. The van der Waals surface area contributed by atoms with Crippen molar-refractivity contribution in [2.45, 2.75) is 19.9 Å². The highest BCUT2D eigenvalue weighted by molar-refractivity contribution is 5.94. The molecule has 0 aliphatic heterocycles. The van der Waals surface area contributed by atoms with Crippen molar-refractivity contribution in [3.05, 3.63) is 66.2 Å². The molecular formula is C21H25NO4. The highest BCUT2D eigenvalue weighted by atomic mass is 16.5. The van der Waals surface area contributed by atoms with E-state index in [1.807, 2.05) is 44.2 Å². The van der Waals surface area contributed by atoms with Gasteiger partial charge in [-0.05, 0) is 61.9 Å². The van der Waals surface area contributed by atoms with Crippen LogP contribution in [0.1, 0.15) is 24.2 Å². The maximum atomic E-state index is 12.4. The number of carbonyl (C=O) groups is 1. The minimum Gasteiger partial charge on any atom is -0.497 e. The van der Waals surface area contributed by atoms with Crippen molar-refractivity contribution in [1.29, 1.82) is 0 Å². The maximum Gasteiger partial charge on any atom is 0.251 e. The first-order valence-corrected chi connectivity index (χ1v) is 8.43. The molecule has 0 spiro atoms. The van der Waals surface area contributed by atoms with Crippen molar-refractivity contribution < 1.29 is 19.0 Å². The van der Waals surface area contributed by atoms with Gasteiger partial charge in [-0.25, -0.2) is 0 Å². The molecule has 1 amide bonds. The second kappa shape index (κ2) is 9.51. The minimum atomic E-state index is -0.170. The summed E-state index contributed by atoms with van der Waals surface area (Å²) in [6.07, 6.45) is 0. The van der Waals surface area contributed by atoms with Gasteiger partial charge in [0, 0.05) is 5.56 Å². The maximum absolute atomic E-state index is 12.4. The molecule has 0 aliphatic carbocycles. The Kier molecular flexibility index (Phi) is 7.09. The van der Waals surface area contributed by atoms with Gasteiger partial charge in [0.1, 0.15) is 30.5 Å². The highest BCUT2D eigenvalue weighted by Gasteiger charge is 2.11. The van der Waals surface area contributed by atoms with Crippen LogP contribution in [-0.2, 0) is 0 Å². The van der Waals surface area contributed by atoms with E-state index in [9.17, 15) is 4.79 Å². The van der Waals surface area contributed by atoms with Crippen LogP contribution in [0.5, 0.6) is 17.2 Å². The zero-order valence-corrected chi connectivity index (χ0v) is 15.5. The number of hydrogen-bond donors (Lipinski definition) is 1. The Bertz CT molecular complexity index is 740. The van der Waals surface area contributed by atoms with E-state index in [0.29, 0.717) is 24.5 Å². The molecule has 0 heterocycles. The Balaban J connectivity index is 1.85. The van der Waals surface area contributed by atoms with E-state index in [2.05, 4.69) is 11.9 Å². The van der Waals surface area contributed by atoms with Crippen LogP contribution in [0.15, 0.2) is 60.7 Å². The number of amides is 1. The Morgan fingerprint density at radius 1 is 1.08 bits per heavy atom. The van der Waals surface area contributed by atoms with Crippen LogP contribution in [-0.4, -0.2) is 32.3 Å². The van der Waals surface area contributed by atoms with Crippen molar-refractivity contribution in [3.8, 4) is 17.2 Å². The molecular weight excluding hydrogens is 330 g/mol. The normalized spacial score (nSPS) is 11.3. The number of methoxy groups -OCH3 is 1. The molecule has 5 heteroatoms. The minimum absolute atomic E-state index is 0.149. The van der Waals surface area contributed by atoms with Crippen LogP contribution in [0.2, 0.25) is 0 Å². The summed E-state index contributed by atoms with van der Waals surface area (Å²) >= 11 is 0. The Labute approximate surface area is 154 Å². The average Bonchev–Trinajstić information content (AvgIpc) is 2.65. The van der Waals surface area contributed by atoms with Gasteiger partial charge in [-0.3, -0.25) is 4.79 Å². The summed E-state index contributed by atoms with van der Waals surface area (Å²) in [5, 5.41) is 2.92. The molecule has 0 aromatic heterocycles. The van der Waals surface area contributed by atoms with E-state index in [1.54, 1.807) is 25.3 Å². The second-order valence-electron chi connectivity index (χ2n) is 6.13. The molecule has 5 nitrogen and oxygen atoms in total. The zero-order chi connectivity index (χ0) is 18.9. The third-order valence-electron chi connectivity index (χ3n) is 3.52. The van der Waals surface area contributed by atoms with E-state index < -0.39 is 0 Å². The lowest BCUT2D eigenvalue weighted by Gasteiger charge is -2.15. The lowest BCUT2D eigenvalue weighted by molar-refractivity contribution is 0.0926. The monoisotopic (exact) mass is 355 g/mol. The molecule has 2 rings (SSSR count). The Hall–Kier alpha value is -2.95. The first kappa shape index (κ1) is 19.4. The number of ether oxygens (including phenoxy) is 3. The molecule has 0 fully saturated rings. The molecule has 0 radical (unpaired) electrons. The Morgan fingerprint density at radius 3 is 2.42 bits per heavy atom. The number of rotatable bonds is 9. The molecule has 0 bridgehead atoms. The van der Waals surface area contributed by atoms with Crippen LogP contribution in [0.4, 0.5) is 0 Å². The van der Waals surface area contributed by atoms with Gasteiger partial charge in [0.15, 0.2) is 0 Å². The lowest BCUT2D eigenvalue weighted by Crippen LogP contribution is -2.36. The molecule has 0 saturated heterocycles. The van der Waals surface area contributed by atoms with E-state index in [4.69, 9.17) is 14.2 Å². The SMILES string of the molecule is C=C(C)COc1cccc(C(=O)NC(C)COc2ccc(OC)cc2)c1. The van der Waals surface area contributed by atoms with E-state index in [1.165, 1.54) is 0 Å². The summed E-state index contributed by atoms with van der Waals surface area (Å²) in [5.41, 5.74) is 1.46. The second-order valence-corrected chi connectivity index (χ2v) is 6.13. The van der Waals surface area contributed by atoms with Crippen molar-refractivity contribution in [2.75, 3.05) is 20.3 Å². The summed E-state index contributed by atoms with van der Waals surface area (Å²) in [5.74, 6) is 1.97. The van der Waals surface area contributed by atoms with Crippen LogP contribution in [0.25, 0.3) is 0 Å². The Morgan fingerprint density at radius 2 is 1.77 bits per heavy atom. The summed E-state index contributed by atoms with van der Waals surface area (Å²) < 4.78 is 16.4. The summed E-state index contributed by atoms with van der Waals surface area (Å²) in [6.45, 7) is 8.37.